The normalized spacial score (nSPS) is 10.4. The van der Waals surface area contributed by atoms with E-state index in [0.29, 0.717) is 28.5 Å². The number of nitrogens with zero attached hydrogens (tertiary/aromatic N) is 1. The SMILES string of the molecule is COc1ccc(NC(=O)c2noc(C)c2COc2ccc(F)cc2)cc1. The molecule has 0 unspecified atom stereocenters. The summed E-state index contributed by atoms with van der Waals surface area (Å²) in [5, 5.41) is 6.57. The monoisotopic (exact) mass is 356 g/mol. The largest absolute Gasteiger partial charge is 0.497 e. The summed E-state index contributed by atoms with van der Waals surface area (Å²) in [6, 6.07) is 12.5. The van der Waals surface area contributed by atoms with Crippen LogP contribution in [-0.4, -0.2) is 18.2 Å². The van der Waals surface area contributed by atoms with E-state index < -0.39 is 5.91 Å². The van der Waals surface area contributed by atoms with Crippen LogP contribution in [0.15, 0.2) is 53.1 Å². The Hall–Kier alpha value is -3.35. The maximum absolute atomic E-state index is 12.9. The Morgan fingerprint density at radius 3 is 2.42 bits per heavy atom. The Bertz CT molecular complexity index is 889. The van der Waals surface area contributed by atoms with Gasteiger partial charge in [0.15, 0.2) is 5.69 Å². The van der Waals surface area contributed by atoms with Gasteiger partial charge >= 0.3 is 0 Å². The highest BCUT2D eigenvalue weighted by atomic mass is 19.1. The predicted molar refractivity (Wildman–Crippen MR) is 92.9 cm³/mol. The highest BCUT2D eigenvalue weighted by molar-refractivity contribution is 6.03. The third-order valence-corrected chi connectivity index (χ3v) is 3.74. The molecule has 26 heavy (non-hydrogen) atoms. The molecule has 7 heteroatoms. The van der Waals surface area contributed by atoms with Crippen molar-refractivity contribution in [2.24, 2.45) is 0 Å². The first-order valence-corrected chi connectivity index (χ1v) is 7.85. The van der Waals surface area contributed by atoms with E-state index in [2.05, 4.69) is 10.5 Å². The van der Waals surface area contributed by atoms with Crippen molar-refractivity contribution >= 4 is 11.6 Å². The number of aromatic nitrogens is 1. The zero-order chi connectivity index (χ0) is 18.5. The molecule has 134 valence electrons. The molecule has 0 atom stereocenters. The average molecular weight is 356 g/mol. The molecule has 0 bridgehead atoms. The van der Waals surface area contributed by atoms with Crippen LogP contribution >= 0.6 is 0 Å². The zero-order valence-electron chi connectivity index (χ0n) is 14.3. The Kier molecular flexibility index (Phi) is 5.17. The average Bonchev–Trinajstić information content (AvgIpc) is 3.02. The van der Waals surface area contributed by atoms with Crippen molar-refractivity contribution in [2.75, 3.05) is 12.4 Å². The molecule has 0 spiro atoms. The number of carbonyl (C=O) groups is 1. The molecule has 1 heterocycles. The zero-order valence-corrected chi connectivity index (χ0v) is 14.3. The number of rotatable bonds is 6. The van der Waals surface area contributed by atoms with Crippen LogP contribution in [0.1, 0.15) is 21.8 Å². The fourth-order valence-corrected chi connectivity index (χ4v) is 2.29. The molecule has 0 radical (unpaired) electrons. The lowest BCUT2D eigenvalue weighted by atomic mass is 10.2. The molecule has 6 nitrogen and oxygen atoms in total. The lowest BCUT2D eigenvalue weighted by Crippen LogP contribution is -2.15. The van der Waals surface area contributed by atoms with E-state index in [0.717, 1.165) is 0 Å². The topological polar surface area (TPSA) is 73.6 Å². The van der Waals surface area contributed by atoms with Gasteiger partial charge in [-0.2, -0.15) is 0 Å². The number of ether oxygens (including phenoxy) is 2. The van der Waals surface area contributed by atoms with Crippen molar-refractivity contribution in [3.05, 3.63) is 71.4 Å². The lowest BCUT2D eigenvalue weighted by Gasteiger charge is -2.08. The van der Waals surface area contributed by atoms with E-state index >= 15 is 0 Å². The quantitative estimate of drug-likeness (QED) is 0.724. The first-order valence-electron chi connectivity index (χ1n) is 7.85. The van der Waals surface area contributed by atoms with E-state index in [1.54, 1.807) is 38.3 Å². The smallest absolute Gasteiger partial charge is 0.278 e. The molecule has 3 rings (SSSR count). The Labute approximate surface area is 149 Å². The van der Waals surface area contributed by atoms with Crippen molar-refractivity contribution in [1.82, 2.24) is 5.16 Å². The number of aryl methyl sites for hydroxylation is 1. The summed E-state index contributed by atoms with van der Waals surface area (Å²) in [5.41, 5.74) is 1.27. The molecule has 1 aromatic heterocycles. The molecule has 0 aliphatic heterocycles. The van der Waals surface area contributed by atoms with Gasteiger partial charge in [-0.15, -0.1) is 0 Å². The van der Waals surface area contributed by atoms with Crippen LogP contribution in [0.25, 0.3) is 0 Å². The van der Waals surface area contributed by atoms with Crippen LogP contribution in [0, 0.1) is 12.7 Å². The van der Waals surface area contributed by atoms with Crippen LogP contribution in [0.3, 0.4) is 0 Å². The standard InChI is InChI=1S/C19H17FN2O4/c1-12-17(11-25-16-7-3-13(20)4-8-16)18(22-26-12)19(23)21-14-5-9-15(24-2)10-6-14/h3-10H,11H2,1-2H3,(H,21,23). The lowest BCUT2D eigenvalue weighted by molar-refractivity contribution is 0.101. The van der Waals surface area contributed by atoms with Gasteiger partial charge in [0.05, 0.1) is 12.7 Å². The summed E-state index contributed by atoms with van der Waals surface area (Å²) < 4.78 is 28.8. The van der Waals surface area contributed by atoms with Gasteiger partial charge in [0, 0.05) is 5.69 Å². The van der Waals surface area contributed by atoms with Gasteiger partial charge in [-0.05, 0) is 55.5 Å². The van der Waals surface area contributed by atoms with E-state index in [4.69, 9.17) is 14.0 Å². The third kappa shape index (κ3) is 4.00. The molecule has 1 N–H and O–H groups in total. The molecule has 3 aromatic rings. The number of methoxy groups -OCH3 is 1. The maximum atomic E-state index is 12.9. The minimum atomic E-state index is -0.412. The predicted octanol–water partition coefficient (Wildman–Crippen LogP) is 3.96. The Morgan fingerprint density at radius 2 is 1.77 bits per heavy atom. The summed E-state index contributed by atoms with van der Waals surface area (Å²) in [5.74, 6) is 0.886. The van der Waals surface area contributed by atoms with Gasteiger partial charge in [0.1, 0.15) is 29.7 Å². The second kappa shape index (κ2) is 7.69. The molecule has 1 amide bonds. The number of hydrogen-bond donors (Lipinski definition) is 1. The van der Waals surface area contributed by atoms with E-state index in [1.807, 2.05) is 0 Å². The minimum Gasteiger partial charge on any atom is -0.497 e. The number of carbonyl (C=O) groups excluding carboxylic acids is 1. The maximum Gasteiger partial charge on any atom is 0.278 e. The highest BCUT2D eigenvalue weighted by Gasteiger charge is 2.20. The highest BCUT2D eigenvalue weighted by Crippen LogP contribution is 2.20. The molecule has 0 saturated carbocycles. The fourth-order valence-electron chi connectivity index (χ4n) is 2.29. The summed E-state index contributed by atoms with van der Waals surface area (Å²) in [6.45, 7) is 1.77. The Balaban J connectivity index is 1.71. The van der Waals surface area contributed by atoms with Crippen molar-refractivity contribution in [1.29, 1.82) is 0 Å². The fraction of sp³-hybridized carbons (Fsp3) is 0.158. The summed E-state index contributed by atoms with van der Waals surface area (Å²) >= 11 is 0. The molecule has 2 aromatic carbocycles. The number of anilines is 1. The molecule has 0 saturated heterocycles. The molecule has 0 aliphatic rings. The number of nitrogens with one attached hydrogen (secondary N) is 1. The van der Waals surface area contributed by atoms with Crippen LogP contribution < -0.4 is 14.8 Å². The van der Waals surface area contributed by atoms with Gasteiger partial charge in [-0.3, -0.25) is 4.79 Å². The second-order valence-electron chi connectivity index (χ2n) is 5.49. The summed E-state index contributed by atoms with van der Waals surface area (Å²) in [4.78, 5) is 12.5. The van der Waals surface area contributed by atoms with E-state index in [1.165, 1.54) is 24.3 Å². The van der Waals surface area contributed by atoms with Crippen molar-refractivity contribution < 1.29 is 23.2 Å². The third-order valence-electron chi connectivity index (χ3n) is 3.74. The Morgan fingerprint density at radius 1 is 1.12 bits per heavy atom. The van der Waals surface area contributed by atoms with Gasteiger partial charge in [0.2, 0.25) is 0 Å². The first-order chi connectivity index (χ1) is 12.6. The molecular weight excluding hydrogens is 339 g/mol. The number of amides is 1. The van der Waals surface area contributed by atoms with Crippen LogP contribution in [0.5, 0.6) is 11.5 Å². The van der Waals surface area contributed by atoms with E-state index in [9.17, 15) is 9.18 Å². The number of halogens is 1. The van der Waals surface area contributed by atoms with Crippen molar-refractivity contribution in [3.8, 4) is 11.5 Å². The van der Waals surface area contributed by atoms with Gasteiger partial charge < -0.3 is 19.3 Å². The molecule has 0 aliphatic carbocycles. The van der Waals surface area contributed by atoms with Gasteiger partial charge in [0.25, 0.3) is 5.91 Å². The van der Waals surface area contributed by atoms with Crippen molar-refractivity contribution in [2.45, 2.75) is 13.5 Å². The van der Waals surface area contributed by atoms with E-state index in [-0.39, 0.29) is 18.1 Å². The minimum absolute atomic E-state index is 0.0757. The number of benzene rings is 2. The second-order valence-corrected chi connectivity index (χ2v) is 5.49. The van der Waals surface area contributed by atoms with Crippen LogP contribution in [0.4, 0.5) is 10.1 Å². The summed E-state index contributed by atoms with van der Waals surface area (Å²) in [7, 11) is 1.57. The van der Waals surface area contributed by atoms with Crippen LogP contribution in [0.2, 0.25) is 0 Å². The van der Waals surface area contributed by atoms with Gasteiger partial charge in [-0.1, -0.05) is 5.16 Å². The number of hydrogen-bond acceptors (Lipinski definition) is 5. The van der Waals surface area contributed by atoms with Gasteiger partial charge in [-0.25, -0.2) is 4.39 Å². The van der Waals surface area contributed by atoms with Crippen LogP contribution in [-0.2, 0) is 6.61 Å². The summed E-state index contributed by atoms with van der Waals surface area (Å²) in [6.07, 6.45) is 0. The molecular formula is C19H17FN2O4. The first kappa shape index (κ1) is 17.5. The van der Waals surface area contributed by atoms with Crippen molar-refractivity contribution in [3.63, 3.8) is 0 Å². The molecule has 0 fully saturated rings.